The first-order valence-electron chi connectivity index (χ1n) is 9.81. The van der Waals surface area contributed by atoms with E-state index in [0.29, 0.717) is 26.2 Å². The number of anilines is 1. The van der Waals surface area contributed by atoms with Gasteiger partial charge in [-0.2, -0.15) is 15.0 Å². The summed E-state index contributed by atoms with van der Waals surface area (Å²) in [7, 11) is 0. The van der Waals surface area contributed by atoms with E-state index in [4.69, 9.17) is 10.8 Å². The van der Waals surface area contributed by atoms with Crippen molar-refractivity contribution in [3.8, 4) is 11.3 Å². The van der Waals surface area contributed by atoms with Crippen molar-refractivity contribution in [3.05, 3.63) is 77.6 Å². The third-order valence-corrected chi connectivity index (χ3v) is 4.55. The molecule has 2 aromatic heterocycles. The molecule has 0 unspecified atom stereocenters. The van der Waals surface area contributed by atoms with Gasteiger partial charge in [-0.25, -0.2) is 4.63 Å². The van der Waals surface area contributed by atoms with Gasteiger partial charge in [0, 0.05) is 25.2 Å². The normalized spacial score (nSPS) is 10.8. The maximum Gasteiger partial charge on any atom is 0.277 e. The molecule has 0 saturated heterocycles. The van der Waals surface area contributed by atoms with Crippen LogP contribution < -0.4 is 16.4 Å². The number of benzene rings is 2. The van der Waals surface area contributed by atoms with Gasteiger partial charge in [-0.05, 0) is 15.9 Å². The molecule has 2 heterocycles. The molecule has 2 aromatic carbocycles. The van der Waals surface area contributed by atoms with Crippen LogP contribution in [0.25, 0.3) is 11.3 Å². The van der Waals surface area contributed by atoms with E-state index in [-0.39, 0.29) is 11.5 Å². The molecule has 1 amide bonds. The van der Waals surface area contributed by atoms with Crippen LogP contribution in [-0.4, -0.2) is 44.3 Å². The molecule has 0 bridgehead atoms. The minimum absolute atomic E-state index is 0.0183. The minimum Gasteiger partial charge on any atom is -0.379 e. The number of nitrogens with one attached hydrogen (secondary N) is 2. The Morgan fingerprint density at radius 2 is 1.71 bits per heavy atom. The summed E-state index contributed by atoms with van der Waals surface area (Å²) in [5.41, 5.74) is 9.28. The molecule has 0 spiro atoms. The van der Waals surface area contributed by atoms with Crippen LogP contribution in [0.1, 0.15) is 21.7 Å². The first kappa shape index (κ1) is 20.2. The molecule has 4 N–H and O–H groups in total. The maximum atomic E-state index is 12.0. The number of carbonyl (C=O) groups excluding carboxylic acids is 1. The quantitative estimate of drug-likeness (QED) is 0.348. The Morgan fingerprint density at radius 3 is 2.42 bits per heavy atom. The van der Waals surface area contributed by atoms with Crippen LogP contribution in [0.5, 0.6) is 0 Å². The summed E-state index contributed by atoms with van der Waals surface area (Å²) in [4.78, 5) is 13.7. The van der Waals surface area contributed by atoms with Crippen molar-refractivity contribution in [2.24, 2.45) is 0 Å². The van der Waals surface area contributed by atoms with Gasteiger partial charge < -0.3 is 16.4 Å². The summed E-state index contributed by atoms with van der Waals surface area (Å²) in [5, 5.41) is 22.2. The Hall–Kier alpha value is -4.05. The molecular weight excluding hydrogens is 396 g/mol. The maximum absolute atomic E-state index is 12.0. The number of hydrogen-bond acceptors (Lipinski definition) is 8. The minimum atomic E-state index is -0.431. The van der Waals surface area contributed by atoms with Crippen LogP contribution in [0, 0.1) is 0 Å². The zero-order valence-corrected chi connectivity index (χ0v) is 16.7. The highest BCUT2D eigenvalue weighted by molar-refractivity contribution is 5.95. The first-order valence-corrected chi connectivity index (χ1v) is 9.81. The van der Waals surface area contributed by atoms with Crippen molar-refractivity contribution in [2.75, 3.05) is 18.8 Å². The molecule has 0 aliphatic carbocycles. The molecule has 10 nitrogen and oxygen atoms in total. The number of nitrogens with two attached hydrogens (primary N) is 1. The van der Waals surface area contributed by atoms with E-state index in [0.717, 1.165) is 22.5 Å². The largest absolute Gasteiger partial charge is 0.379 e. The number of carbonyl (C=O) groups is 1. The second kappa shape index (κ2) is 9.63. The van der Waals surface area contributed by atoms with E-state index in [1.54, 1.807) is 4.80 Å². The number of hydrogen-bond donors (Lipinski definition) is 3. The lowest BCUT2D eigenvalue weighted by atomic mass is 10.1. The Bertz CT molecular complexity index is 1120. The predicted molar refractivity (Wildman–Crippen MR) is 114 cm³/mol. The van der Waals surface area contributed by atoms with Gasteiger partial charge >= 0.3 is 0 Å². The van der Waals surface area contributed by atoms with Crippen LogP contribution in [0.4, 0.5) is 5.82 Å². The topological polar surface area (TPSA) is 137 Å². The van der Waals surface area contributed by atoms with Gasteiger partial charge in [0.25, 0.3) is 5.91 Å². The smallest absolute Gasteiger partial charge is 0.277 e. The Morgan fingerprint density at radius 1 is 0.968 bits per heavy atom. The lowest BCUT2D eigenvalue weighted by Crippen LogP contribution is -2.32. The third kappa shape index (κ3) is 5.11. The molecule has 0 fully saturated rings. The molecule has 0 aliphatic rings. The SMILES string of the molecule is Nc1nonc1C(=O)NCCNCc1nn(Cc2ccccc2)nc1-c1ccccc1. The van der Waals surface area contributed by atoms with Crippen LogP contribution in [0.2, 0.25) is 0 Å². The van der Waals surface area contributed by atoms with Gasteiger partial charge in [-0.1, -0.05) is 60.7 Å². The lowest BCUT2D eigenvalue weighted by Gasteiger charge is -2.05. The molecule has 4 aromatic rings. The summed E-state index contributed by atoms with van der Waals surface area (Å²) < 4.78 is 4.43. The molecule has 158 valence electrons. The first-order chi connectivity index (χ1) is 15.2. The van der Waals surface area contributed by atoms with E-state index in [2.05, 4.69) is 30.7 Å². The van der Waals surface area contributed by atoms with E-state index < -0.39 is 5.91 Å². The van der Waals surface area contributed by atoms with E-state index in [1.807, 2.05) is 60.7 Å². The highest BCUT2D eigenvalue weighted by Gasteiger charge is 2.16. The second-order valence-corrected chi connectivity index (χ2v) is 6.81. The zero-order chi connectivity index (χ0) is 21.5. The van der Waals surface area contributed by atoms with E-state index in [9.17, 15) is 4.79 Å². The van der Waals surface area contributed by atoms with Crippen molar-refractivity contribution < 1.29 is 9.42 Å². The van der Waals surface area contributed by atoms with Crippen molar-refractivity contribution in [2.45, 2.75) is 13.1 Å². The van der Waals surface area contributed by atoms with Gasteiger partial charge in [0.1, 0.15) is 11.4 Å². The van der Waals surface area contributed by atoms with Crippen LogP contribution in [0.3, 0.4) is 0 Å². The fraction of sp³-hybridized carbons (Fsp3) is 0.190. The summed E-state index contributed by atoms with van der Waals surface area (Å²) in [6.07, 6.45) is 0. The summed E-state index contributed by atoms with van der Waals surface area (Å²) in [6, 6.07) is 20.0. The molecule has 0 radical (unpaired) electrons. The van der Waals surface area contributed by atoms with Gasteiger partial charge in [0.2, 0.25) is 11.5 Å². The van der Waals surface area contributed by atoms with Crippen molar-refractivity contribution in [1.29, 1.82) is 0 Å². The number of nitrogens with zero attached hydrogens (tertiary/aromatic N) is 5. The van der Waals surface area contributed by atoms with E-state index in [1.165, 1.54) is 0 Å². The number of nitrogen functional groups attached to an aromatic ring is 1. The van der Waals surface area contributed by atoms with Crippen LogP contribution in [0.15, 0.2) is 65.3 Å². The Kier molecular flexibility index (Phi) is 6.29. The average molecular weight is 418 g/mol. The molecule has 4 rings (SSSR count). The Labute approximate surface area is 178 Å². The van der Waals surface area contributed by atoms with Gasteiger partial charge in [0.05, 0.1) is 6.54 Å². The van der Waals surface area contributed by atoms with E-state index >= 15 is 0 Å². The van der Waals surface area contributed by atoms with Crippen LogP contribution >= 0.6 is 0 Å². The average Bonchev–Trinajstić information content (AvgIpc) is 3.40. The molecule has 0 aliphatic heterocycles. The van der Waals surface area contributed by atoms with Crippen molar-refractivity contribution in [3.63, 3.8) is 0 Å². The fourth-order valence-electron chi connectivity index (χ4n) is 3.05. The zero-order valence-electron chi connectivity index (χ0n) is 16.7. The van der Waals surface area contributed by atoms with Gasteiger partial charge in [-0.15, -0.1) is 0 Å². The predicted octanol–water partition coefficient (Wildman–Crippen LogP) is 1.48. The van der Waals surface area contributed by atoms with Gasteiger partial charge in [0.15, 0.2) is 0 Å². The number of aromatic nitrogens is 5. The summed E-state index contributed by atoms with van der Waals surface area (Å²) in [5.74, 6) is -0.465. The lowest BCUT2D eigenvalue weighted by molar-refractivity contribution is 0.0944. The molecule has 10 heteroatoms. The highest BCUT2D eigenvalue weighted by atomic mass is 16.6. The third-order valence-electron chi connectivity index (χ3n) is 4.55. The van der Waals surface area contributed by atoms with Crippen molar-refractivity contribution in [1.82, 2.24) is 35.9 Å². The van der Waals surface area contributed by atoms with Crippen LogP contribution in [-0.2, 0) is 13.1 Å². The standard InChI is InChI=1S/C21H22N8O2/c22-20-19(27-31-28-20)21(30)24-12-11-23-13-17-18(16-9-5-2-6-10-16)26-29(25-17)14-15-7-3-1-4-8-15/h1-10,23H,11-14H2,(H2,22,28)(H,24,30). The fourth-order valence-corrected chi connectivity index (χ4v) is 3.05. The molecule has 0 saturated carbocycles. The Balaban J connectivity index is 1.38. The highest BCUT2D eigenvalue weighted by Crippen LogP contribution is 2.20. The van der Waals surface area contributed by atoms with Gasteiger partial charge in [-0.3, -0.25) is 4.79 Å². The number of rotatable bonds is 9. The molecule has 31 heavy (non-hydrogen) atoms. The summed E-state index contributed by atoms with van der Waals surface area (Å²) in [6.45, 7) is 1.99. The molecule has 0 atom stereocenters. The second-order valence-electron chi connectivity index (χ2n) is 6.81. The molecular formula is C21H22N8O2. The monoisotopic (exact) mass is 418 g/mol. The summed E-state index contributed by atoms with van der Waals surface area (Å²) >= 11 is 0. The number of amides is 1. The van der Waals surface area contributed by atoms with Crippen molar-refractivity contribution >= 4 is 11.7 Å².